The number of hydrogen-bond acceptors (Lipinski definition) is 6. The van der Waals surface area contributed by atoms with Gasteiger partial charge in [0, 0.05) is 29.3 Å². The number of fused-ring (bicyclic) bond motifs is 1. The van der Waals surface area contributed by atoms with Crippen LogP contribution in [0.5, 0.6) is 0 Å². The molecule has 0 spiro atoms. The van der Waals surface area contributed by atoms with Gasteiger partial charge >= 0.3 is 0 Å². The summed E-state index contributed by atoms with van der Waals surface area (Å²) in [4.78, 5) is 4.83. The lowest BCUT2D eigenvalue weighted by Gasteiger charge is -2.25. The van der Waals surface area contributed by atoms with Gasteiger partial charge in [0.25, 0.3) is 0 Å². The summed E-state index contributed by atoms with van der Waals surface area (Å²) in [5, 5.41) is 16.3. The van der Waals surface area contributed by atoms with Crippen molar-refractivity contribution in [2.75, 3.05) is 17.2 Å². The zero-order valence-electron chi connectivity index (χ0n) is 17.0. The van der Waals surface area contributed by atoms with Crippen LogP contribution >= 0.6 is 11.6 Å². The maximum absolute atomic E-state index is 6.14. The van der Waals surface area contributed by atoms with Gasteiger partial charge in [0.2, 0.25) is 5.95 Å². The fourth-order valence-corrected chi connectivity index (χ4v) is 3.28. The molecule has 8 heteroatoms. The Hall–Kier alpha value is -2.38. The summed E-state index contributed by atoms with van der Waals surface area (Å²) in [7, 11) is 0. The van der Waals surface area contributed by atoms with E-state index in [-0.39, 0.29) is 18.0 Å². The zero-order valence-corrected chi connectivity index (χ0v) is 17.7. The molecule has 0 aliphatic carbocycles. The smallest absolute Gasteiger partial charge is 0.205 e. The highest BCUT2D eigenvalue weighted by molar-refractivity contribution is 6.30. The van der Waals surface area contributed by atoms with E-state index in [2.05, 4.69) is 53.1 Å². The van der Waals surface area contributed by atoms with Gasteiger partial charge in [-0.05, 0) is 44.9 Å². The number of halogens is 1. The van der Waals surface area contributed by atoms with Gasteiger partial charge < -0.3 is 20.9 Å². The minimum atomic E-state index is 0.00271. The Morgan fingerprint density at radius 3 is 2.50 bits per heavy atom. The number of hydrogen-bond donors (Lipinski definition) is 3. The van der Waals surface area contributed by atoms with Crippen LogP contribution in [0.4, 0.5) is 17.5 Å². The molecule has 1 aromatic rings. The van der Waals surface area contributed by atoms with Crippen molar-refractivity contribution in [3.63, 3.8) is 0 Å². The molecule has 1 unspecified atom stereocenters. The summed E-state index contributed by atoms with van der Waals surface area (Å²) >= 11 is 6.14. The van der Waals surface area contributed by atoms with Gasteiger partial charge in [-0.1, -0.05) is 31.5 Å². The molecule has 2 heterocycles. The van der Waals surface area contributed by atoms with Crippen molar-refractivity contribution >= 4 is 29.1 Å². The van der Waals surface area contributed by atoms with Crippen LogP contribution < -0.4 is 16.4 Å². The van der Waals surface area contributed by atoms with Crippen LogP contribution in [-0.2, 0) is 0 Å². The van der Waals surface area contributed by atoms with E-state index >= 15 is 0 Å². The Labute approximate surface area is 171 Å². The third-order valence-corrected chi connectivity index (χ3v) is 4.60. The summed E-state index contributed by atoms with van der Waals surface area (Å²) in [5.74, 6) is 1.61. The first kappa shape index (κ1) is 20.4. The van der Waals surface area contributed by atoms with E-state index in [0.29, 0.717) is 17.4 Å². The predicted octanol–water partition coefficient (Wildman–Crippen LogP) is 4.64. The standard InChI is InChI=1S/C20H28ClN7/c1-11(2)16-18-17(27-26-16)19(24-15-8-6-7-14(21)9-15)25-20(23-10-13(5)22)28(18)12(3)4/h6-9,11-13,24H,10,22H2,1-5H3,(H,23,25). The summed E-state index contributed by atoms with van der Waals surface area (Å²) in [6.45, 7) is 11.1. The number of benzene rings is 1. The van der Waals surface area contributed by atoms with Gasteiger partial charge in [0.05, 0.1) is 11.4 Å². The van der Waals surface area contributed by atoms with Crippen molar-refractivity contribution in [3.05, 3.63) is 35.0 Å². The molecule has 7 nitrogen and oxygen atoms in total. The second-order valence-electron chi connectivity index (χ2n) is 7.68. The highest BCUT2D eigenvalue weighted by atomic mass is 35.5. The third-order valence-electron chi connectivity index (χ3n) is 4.37. The molecule has 1 aromatic carbocycles. The molecule has 28 heavy (non-hydrogen) atoms. The molecule has 3 rings (SSSR count). The third kappa shape index (κ3) is 4.20. The van der Waals surface area contributed by atoms with Crippen molar-refractivity contribution in [2.24, 2.45) is 5.73 Å². The summed E-state index contributed by atoms with van der Waals surface area (Å²) in [5.41, 5.74) is 9.48. The molecule has 2 aliphatic heterocycles. The molecule has 0 saturated heterocycles. The zero-order chi connectivity index (χ0) is 20.4. The molecule has 2 aliphatic rings. The first-order valence-electron chi connectivity index (χ1n) is 9.58. The number of rotatable bonds is 7. The fraction of sp³-hybridized carbons (Fsp3) is 0.450. The van der Waals surface area contributed by atoms with Crippen LogP contribution in [0.3, 0.4) is 0 Å². The number of aromatic nitrogens is 4. The average Bonchev–Trinajstić information content (AvgIpc) is 3.04. The first-order valence-corrected chi connectivity index (χ1v) is 9.96. The van der Waals surface area contributed by atoms with Crippen molar-refractivity contribution in [1.82, 2.24) is 19.7 Å². The maximum Gasteiger partial charge on any atom is 0.205 e. The van der Waals surface area contributed by atoms with E-state index in [1.54, 1.807) is 0 Å². The van der Waals surface area contributed by atoms with Crippen LogP contribution in [0.25, 0.3) is 11.4 Å². The highest BCUT2D eigenvalue weighted by Crippen LogP contribution is 2.38. The first-order chi connectivity index (χ1) is 13.3. The van der Waals surface area contributed by atoms with Crippen molar-refractivity contribution in [3.8, 4) is 11.4 Å². The fourth-order valence-electron chi connectivity index (χ4n) is 3.09. The molecule has 0 amide bonds. The topological polar surface area (TPSA) is 93.7 Å². The predicted molar refractivity (Wildman–Crippen MR) is 116 cm³/mol. The van der Waals surface area contributed by atoms with Gasteiger partial charge in [0.1, 0.15) is 0 Å². The van der Waals surface area contributed by atoms with E-state index in [0.717, 1.165) is 28.7 Å². The Morgan fingerprint density at radius 2 is 1.89 bits per heavy atom. The van der Waals surface area contributed by atoms with E-state index in [1.165, 1.54) is 0 Å². The Bertz CT molecular complexity index is 917. The molecule has 0 radical (unpaired) electrons. The van der Waals surface area contributed by atoms with E-state index in [4.69, 9.17) is 22.3 Å². The Balaban J connectivity index is 2.17. The molecule has 0 saturated carbocycles. The molecule has 1 atom stereocenters. The van der Waals surface area contributed by atoms with Gasteiger partial charge in [-0.15, -0.1) is 5.10 Å². The molecular formula is C20H28ClN7. The van der Waals surface area contributed by atoms with Crippen LogP contribution in [0.1, 0.15) is 52.3 Å². The Morgan fingerprint density at radius 1 is 1.14 bits per heavy atom. The number of nitrogens with one attached hydrogen (secondary N) is 2. The largest absolute Gasteiger partial charge is 0.354 e. The van der Waals surface area contributed by atoms with Crippen LogP contribution in [0.15, 0.2) is 24.3 Å². The minimum Gasteiger partial charge on any atom is -0.354 e. The van der Waals surface area contributed by atoms with Gasteiger partial charge in [0.15, 0.2) is 11.5 Å². The quantitative estimate of drug-likeness (QED) is 0.534. The van der Waals surface area contributed by atoms with Crippen molar-refractivity contribution in [1.29, 1.82) is 0 Å². The highest BCUT2D eigenvalue weighted by Gasteiger charge is 2.28. The average molecular weight is 402 g/mol. The van der Waals surface area contributed by atoms with Crippen LogP contribution in [-0.4, -0.2) is 32.3 Å². The summed E-state index contributed by atoms with van der Waals surface area (Å²) in [6, 6.07) is 7.70. The Kier molecular flexibility index (Phi) is 6.05. The second kappa shape index (κ2) is 8.32. The molecule has 0 bridgehead atoms. The minimum absolute atomic E-state index is 0.00271. The van der Waals surface area contributed by atoms with E-state index < -0.39 is 0 Å². The monoisotopic (exact) mass is 401 g/mol. The van der Waals surface area contributed by atoms with Gasteiger partial charge in [-0.2, -0.15) is 10.1 Å². The SMILES string of the molecule is CC(N)CNc1nc(Nc2cccc(Cl)c2)c2nnc(C(C)C)c-2n1C(C)C. The lowest BCUT2D eigenvalue weighted by molar-refractivity contribution is 0.591. The number of anilines is 3. The summed E-state index contributed by atoms with van der Waals surface area (Å²) in [6.07, 6.45) is 0. The molecule has 150 valence electrons. The number of nitrogens with two attached hydrogens (primary N) is 1. The number of nitrogens with zero attached hydrogens (tertiary/aromatic N) is 4. The summed E-state index contributed by atoms with van der Waals surface area (Å²) < 4.78 is 2.15. The van der Waals surface area contributed by atoms with Crippen LogP contribution in [0.2, 0.25) is 5.02 Å². The molecule has 4 N–H and O–H groups in total. The maximum atomic E-state index is 6.14. The van der Waals surface area contributed by atoms with E-state index in [1.807, 2.05) is 31.2 Å². The van der Waals surface area contributed by atoms with Gasteiger partial charge in [-0.25, -0.2) is 0 Å². The van der Waals surface area contributed by atoms with Crippen molar-refractivity contribution < 1.29 is 0 Å². The van der Waals surface area contributed by atoms with Crippen LogP contribution in [0, 0.1) is 0 Å². The lowest BCUT2D eigenvalue weighted by atomic mass is 10.1. The molecular weight excluding hydrogens is 374 g/mol. The molecule has 0 fully saturated rings. The lowest BCUT2D eigenvalue weighted by Crippen LogP contribution is -2.28. The second-order valence-corrected chi connectivity index (χ2v) is 8.11. The molecule has 0 aromatic heterocycles. The van der Waals surface area contributed by atoms with Gasteiger partial charge in [-0.3, -0.25) is 0 Å². The van der Waals surface area contributed by atoms with Crippen molar-refractivity contribution in [2.45, 2.75) is 52.6 Å². The normalized spacial score (nSPS) is 12.8. The van der Waals surface area contributed by atoms with E-state index in [9.17, 15) is 0 Å².